The predicted octanol–water partition coefficient (Wildman–Crippen LogP) is 4.88. The van der Waals surface area contributed by atoms with Crippen LogP contribution in [0.2, 0.25) is 0 Å². The summed E-state index contributed by atoms with van der Waals surface area (Å²) in [5.74, 6) is -2.16. The number of aromatic nitrogens is 1. The van der Waals surface area contributed by atoms with E-state index in [0.717, 1.165) is 6.07 Å². The summed E-state index contributed by atoms with van der Waals surface area (Å²) in [7, 11) is 0. The Kier molecular flexibility index (Phi) is 4.68. The lowest BCUT2D eigenvalue weighted by molar-refractivity contribution is -0.152. The molecule has 0 saturated heterocycles. The van der Waals surface area contributed by atoms with Crippen LogP contribution in [-0.4, -0.2) is 23.0 Å². The highest BCUT2D eigenvalue weighted by Gasteiger charge is 2.36. The zero-order valence-electron chi connectivity index (χ0n) is 13.7. The number of carbonyl (C=O) groups excluding carboxylic acids is 1. The van der Waals surface area contributed by atoms with Crippen molar-refractivity contribution in [2.75, 3.05) is 0 Å². The molecule has 0 amide bonds. The Balaban J connectivity index is 2.08. The van der Waals surface area contributed by atoms with Crippen LogP contribution in [0, 0.1) is 11.6 Å². The molecule has 3 nitrogen and oxygen atoms in total. The second-order valence-corrected chi connectivity index (χ2v) is 6.12. The molecule has 0 N–H and O–H groups in total. The molecule has 3 rings (SSSR count). The standard InChI is InChI=1S/C18H14F5NO2/c1-9(25)16-7-14(12-4-2-10(19)6-15(12)20)13-5-3-11(8-18(21,22)23)26-17(13)24-16/h2,4,6-7,11H,3,5,8H2,1H3/t11-/m0/s1. The van der Waals surface area contributed by atoms with E-state index >= 15 is 0 Å². The van der Waals surface area contributed by atoms with Crippen molar-refractivity contribution in [1.82, 2.24) is 4.98 Å². The van der Waals surface area contributed by atoms with Crippen LogP contribution < -0.4 is 4.74 Å². The summed E-state index contributed by atoms with van der Waals surface area (Å²) in [5.41, 5.74) is 0.641. The number of Topliss-reactive ketones (excluding diaryl/α,β-unsaturated/α-hetero) is 1. The molecule has 0 bridgehead atoms. The Morgan fingerprint density at radius 1 is 1.23 bits per heavy atom. The molecule has 0 aliphatic carbocycles. The number of rotatable bonds is 3. The van der Waals surface area contributed by atoms with Crippen LogP contribution in [0.3, 0.4) is 0 Å². The van der Waals surface area contributed by atoms with E-state index < -0.39 is 36.1 Å². The molecule has 0 saturated carbocycles. The number of benzene rings is 1. The van der Waals surface area contributed by atoms with Crippen LogP contribution in [0.25, 0.3) is 11.1 Å². The molecule has 0 radical (unpaired) electrons. The van der Waals surface area contributed by atoms with Gasteiger partial charge in [0, 0.05) is 24.1 Å². The summed E-state index contributed by atoms with van der Waals surface area (Å²) in [6.07, 6.45) is -6.41. The Morgan fingerprint density at radius 2 is 1.96 bits per heavy atom. The van der Waals surface area contributed by atoms with Gasteiger partial charge in [-0.3, -0.25) is 4.79 Å². The topological polar surface area (TPSA) is 39.2 Å². The third-order valence-electron chi connectivity index (χ3n) is 4.12. The lowest BCUT2D eigenvalue weighted by atomic mass is 9.93. The number of hydrogen-bond acceptors (Lipinski definition) is 3. The van der Waals surface area contributed by atoms with E-state index in [-0.39, 0.29) is 35.5 Å². The lowest BCUT2D eigenvalue weighted by Crippen LogP contribution is -2.29. The number of alkyl halides is 3. The summed E-state index contributed by atoms with van der Waals surface area (Å²) in [6.45, 7) is 1.23. The largest absolute Gasteiger partial charge is 0.474 e. The SMILES string of the molecule is CC(=O)c1cc(-c2ccc(F)cc2F)c2c(n1)O[C@H](CC(F)(F)F)CC2. The van der Waals surface area contributed by atoms with Crippen LogP contribution in [0.1, 0.15) is 35.8 Å². The molecule has 2 aromatic rings. The fourth-order valence-corrected chi connectivity index (χ4v) is 2.94. The molecule has 26 heavy (non-hydrogen) atoms. The molecule has 0 spiro atoms. The maximum absolute atomic E-state index is 14.2. The van der Waals surface area contributed by atoms with Crippen molar-refractivity contribution in [1.29, 1.82) is 0 Å². The molecule has 1 aliphatic rings. The molecule has 0 fully saturated rings. The van der Waals surface area contributed by atoms with Crippen LogP contribution >= 0.6 is 0 Å². The minimum Gasteiger partial charge on any atom is -0.474 e. The van der Waals surface area contributed by atoms with Crippen LogP contribution in [0.15, 0.2) is 24.3 Å². The minimum absolute atomic E-state index is 0.0328. The summed E-state index contributed by atoms with van der Waals surface area (Å²) in [6, 6.07) is 4.33. The molecule has 8 heteroatoms. The number of ether oxygens (including phenoxy) is 1. The Bertz CT molecular complexity index is 863. The third kappa shape index (κ3) is 3.84. The number of fused-ring (bicyclic) bond motifs is 1. The van der Waals surface area contributed by atoms with Gasteiger partial charge in [0.1, 0.15) is 23.4 Å². The average Bonchev–Trinajstić information content (AvgIpc) is 2.52. The fourth-order valence-electron chi connectivity index (χ4n) is 2.94. The van der Waals surface area contributed by atoms with Gasteiger partial charge in [0.2, 0.25) is 5.88 Å². The summed E-state index contributed by atoms with van der Waals surface area (Å²) in [5, 5.41) is 0. The van der Waals surface area contributed by atoms with E-state index in [1.54, 1.807) is 0 Å². The molecule has 1 atom stereocenters. The highest BCUT2D eigenvalue weighted by Crippen LogP contribution is 2.38. The summed E-state index contributed by atoms with van der Waals surface area (Å²) >= 11 is 0. The third-order valence-corrected chi connectivity index (χ3v) is 4.12. The van der Waals surface area contributed by atoms with Gasteiger partial charge in [0.15, 0.2) is 5.78 Å². The Hall–Kier alpha value is -2.51. The molecule has 1 aliphatic heterocycles. The molecule has 1 aromatic heterocycles. The molecular formula is C18H14F5NO2. The highest BCUT2D eigenvalue weighted by molar-refractivity contribution is 5.94. The zero-order chi connectivity index (χ0) is 19.1. The number of hydrogen-bond donors (Lipinski definition) is 0. The number of ketones is 1. The van der Waals surface area contributed by atoms with Gasteiger partial charge in [-0.1, -0.05) is 0 Å². The summed E-state index contributed by atoms with van der Waals surface area (Å²) < 4.78 is 70.6. The first-order valence-electron chi connectivity index (χ1n) is 7.88. The quantitative estimate of drug-likeness (QED) is 0.571. The first-order chi connectivity index (χ1) is 12.1. The van der Waals surface area contributed by atoms with Gasteiger partial charge in [-0.25, -0.2) is 13.8 Å². The molecule has 0 unspecified atom stereocenters. The van der Waals surface area contributed by atoms with Gasteiger partial charge in [-0.2, -0.15) is 13.2 Å². The van der Waals surface area contributed by atoms with E-state index in [2.05, 4.69) is 4.98 Å². The summed E-state index contributed by atoms with van der Waals surface area (Å²) in [4.78, 5) is 15.7. The normalized spacial score (nSPS) is 16.8. The molecular weight excluding hydrogens is 357 g/mol. The highest BCUT2D eigenvalue weighted by atomic mass is 19.4. The number of pyridine rings is 1. The van der Waals surface area contributed by atoms with E-state index in [1.165, 1.54) is 19.1 Å². The van der Waals surface area contributed by atoms with E-state index in [0.29, 0.717) is 11.6 Å². The minimum atomic E-state index is -4.40. The lowest BCUT2D eigenvalue weighted by Gasteiger charge is -2.28. The van der Waals surface area contributed by atoms with Crippen molar-refractivity contribution in [2.24, 2.45) is 0 Å². The van der Waals surface area contributed by atoms with Gasteiger partial charge in [0.25, 0.3) is 0 Å². The maximum Gasteiger partial charge on any atom is 0.392 e. The number of halogens is 5. The second kappa shape index (κ2) is 6.66. The molecule has 2 heterocycles. The van der Waals surface area contributed by atoms with Crippen LogP contribution in [0.4, 0.5) is 22.0 Å². The number of carbonyl (C=O) groups is 1. The Labute approximate surface area is 145 Å². The van der Waals surface area contributed by atoms with Gasteiger partial charge in [-0.15, -0.1) is 0 Å². The second-order valence-electron chi connectivity index (χ2n) is 6.12. The van der Waals surface area contributed by atoms with Gasteiger partial charge in [-0.05, 0) is 36.6 Å². The van der Waals surface area contributed by atoms with E-state index in [9.17, 15) is 26.7 Å². The van der Waals surface area contributed by atoms with Gasteiger partial charge < -0.3 is 4.74 Å². The predicted molar refractivity (Wildman–Crippen MR) is 83.0 cm³/mol. The smallest absolute Gasteiger partial charge is 0.392 e. The van der Waals surface area contributed by atoms with E-state index in [1.807, 2.05) is 0 Å². The van der Waals surface area contributed by atoms with Crippen LogP contribution in [0.5, 0.6) is 5.88 Å². The van der Waals surface area contributed by atoms with Crippen molar-refractivity contribution < 1.29 is 31.5 Å². The van der Waals surface area contributed by atoms with E-state index in [4.69, 9.17) is 4.74 Å². The fraction of sp³-hybridized carbons (Fsp3) is 0.333. The van der Waals surface area contributed by atoms with Crippen LogP contribution in [-0.2, 0) is 6.42 Å². The van der Waals surface area contributed by atoms with Crippen molar-refractivity contribution in [3.8, 4) is 17.0 Å². The van der Waals surface area contributed by atoms with Crippen molar-refractivity contribution >= 4 is 5.78 Å². The first-order valence-corrected chi connectivity index (χ1v) is 7.88. The van der Waals surface area contributed by atoms with Crippen molar-refractivity contribution in [2.45, 2.75) is 38.5 Å². The molecule has 138 valence electrons. The molecule has 1 aromatic carbocycles. The number of nitrogens with zero attached hydrogens (tertiary/aromatic N) is 1. The van der Waals surface area contributed by atoms with Crippen molar-refractivity contribution in [3.05, 3.63) is 47.2 Å². The average molecular weight is 371 g/mol. The first kappa shape index (κ1) is 18.3. The van der Waals surface area contributed by atoms with Gasteiger partial charge in [0.05, 0.1) is 6.42 Å². The maximum atomic E-state index is 14.2. The monoisotopic (exact) mass is 371 g/mol. The zero-order valence-corrected chi connectivity index (χ0v) is 13.7. The van der Waals surface area contributed by atoms with Crippen molar-refractivity contribution in [3.63, 3.8) is 0 Å². The Morgan fingerprint density at radius 3 is 2.58 bits per heavy atom. The van der Waals surface area contributed by atoms with Gasteiger partial charge >= 0.3 is 6.18 Å².